The van der Waals surface area contributed by atoms with Gasteiger partial charge in [-0.25, -0.2) is 0 Å². The normalized spacial score (nSPS) is 12.0. The van der Waals surface area contributed by atoms with Crippen molar-refractivity contribution < 1.29 is 9.22 Å². The van der Waals surface area contributed by atoms with Gasteiger partial charge in [0.05, 0.1) is 27.2 Å². The Morgan fingerprint density at radius 3 is 1.83 bits per heavy atom. The molecule has 110 valence electrons. The standard InChI is InChI=1S/C16H36NO/c1-5-7-8-9-10-11-12-13-14-17(3,4)15-16-18-6-2/h5-16H2,1-4H3/q+1. The first kappa shape index (κ1) is 17.9. The van der Waals surface area contributed by atoms with E-state index >= 15 is 0 Å². The smallest absolute Gasteiger partial charge is 0.102 e. The molecule has 2 nitrogen and oxygen atoms in total. The zero-order valence-electron chi connectivity index (χ0n) is 13.3. The van der Waals surface area contributed by atoms with Gasteiger partial charge in [-0.1, -0.05) is 45.4 Å². The Balaban J connectivity index is 3.30. The number of nitrogens with zero attached hydrogens (tertiary/aromatic N) is 1. The monoisotopic (exact) mass is 258 g/mol. The molecule has 0 aliphatic carbocycles. The third-order valence-electron chi connectivity index (χ3n) is 3.66. The largest absolute Gasteiger partial charge is 0.376 e. The zero-order valence-corrected chi connectivity index (χ0v) is 13.3. The highest BCUT2D eigenvalue weighted by atomic mass is 16.5. The minimum absolute atomic E-state index is 0.845. The van der Waals surface area contributed by atoms with Crippen LogP contribution in [-0.2, 0) is 4.74 Å². The van der Waals surface area contributed by atoms with Gasteiger partial charge in [0.2, 0.25) is 0 Å². The number of likely N-dealkylation sites (N-methyl/N-ethyl adjacent to an activating group) is 1. The van der Waals surface area contributed by atoms with E-state index in [9.17, 15) is 0 Å². The van der Waals surface area contributed by atoms with Crippen LogP contribution in [0.3, 0.4) is 0 Å². The fourth-order valence-electron chi connectivity index (χ4n) is 2.24. The summed E-state index contributed by atoms with van der Waals surface area (Å²) in [6, 6.07) is 0. The van der Waals surface area contributed by atoms with E-state index in [1.54, 1.807) is 0 Å². The summed E-state index contributed by atoms with van der Waals surface area (Å²) in [6.07, 6.45) is 11.3. The summed E-state index contributed by atoms with van der Waals surface area (Å²) < 4.78 is 6.54. The molecule has 0 fully saturated rings. The molecule has 0 aromatic carbocycles. The van der Waals surface area contributed by atoms with E-state index in [4.69, 9.17) is 4.74 Å². The van der Waals surface area contributed by atoms with E-state index in [2.05, 4.69) is 27.9 Å². The van der Waals surface area contributed by atoms with Gasteiger partial charge in [-0.15, -0.1) is 0 Å². The highest BCUT2D eigenvalue weighted by molar-refractivity contribution is 4.46. The minimum Gasteiger partial charge on any atom is -0.376 e. The topological polar surface area (TPSA) is 9.23 Å². The van der Waals surface area contributed by atoms with E-state index in [0.717, 1.165) is 24.2 Å². The molecule has 0 unspecified atom stereocenters. The Morgan fingerprint density at radius 2 is 1.28 bits per heavy atom. The van der Waals surface area contributed by atoms with E-state index < -0.39 is 0 Å². The molecule has 0 N–H and O–H groups in total. The lowest BCUT2D eigenvalue weighted by Crippen LogP contribution is -2.43. The third kappa shape index (κ3) is 12.4. The van der Waals surface area contributed by atoms with Crippen molar-refractivity contribution >= 4 is 0 Å². The summed E-state index contributed by atoms with van der Waals surface area (Å²) in [5.74, 6) is 0. The maximum atomic E-state index is 5.44. The van der Waals surface area contributed by atoms with Gasteiger partial charge in [0.1, 0.15) is 6.54 Å². The molecule has 0 spiro atoms. The summed E-state index contributed by atoms with van der Waals surface area (Å²) in [5, 5.41) is 0. The van der Waals surface area contributed by atoms with Crippen LogP contribution in [0.25, 0.3) is 0 Å². The fraction of sp³-hybridized carbons (Fsp3) is 1.00. The fourth-order valence-corrected chi connectivity index (χ4v) is 2.24. The van der Waals surface area contributed by atoms with Crippen LogP contribution in [-0.4, -0.2) is 44.9 Å². The maximum Gasteiger partial charge on any atom is 0.102 e. The number of rotatable bonds is 13. The van der Waals surface area contributed by atoms with Gasteiger partial charge in [-0.2, -0.15) is 0 Å². The van der Waals surface area contributed by atoms with Gasteiger partial charge < -0.3 is 9.22 Å². The van der Waals surface area contributed by atoms with Crippen molar-refractivity contribution in [1.82, 2.24) is 0 Å². The Labute approximate surface area is 115 Å². The van der Waals surface area contributed by atoms with Crippen LogP contribution < -0.4 is 0 Å². The van der Waals surface area contributed by atoms with Gasteiger partial charge in [0.25, 0.3) is 0 Å². The van der Waals surface area contributed by atoms with E-state index in [-0.39, 0.29) is 0 Å². The summed E-state index contributed by atoms with van der Waals surface area (Å²) in [7, 11) is 4.64. The molecule has 0 aliphatic heterocycles. The van der Waals surface area contributed by atoms with Crippen molar-refractivity contribution in [3.63, 3.8) is 0 Å². The number of hydrogen-bond donors (Lipinski definition) is 0. The van der Waals surface area contributed by atoms with E-state index in [0.29, 0.717) is 0 Å². The SMILES string of the molecule is CCCCCCCCCC[N+](C)(C)CCOCC. The molecular formula is C16H36NO+. The Bertz CT molecular complexity index is 168. The number of hydrogen-bond acceptors (Lipinski definition) is 1. The first-order valence-corrected chi connectivity index (χ1v) is 8.02. The molecule has 0 aromatic rings. The van der Waals surface area contributed by atoms with Gasteiger partial charge in [-0.05, 0) is 19.8 Å². The molecule has 18 heavy (non-hydrogen) atoms. The summed E-state index contributed by atoms with van der Waals surface area (Å²) in [6.45, 7) is 8.53. The Morgan fingerprint density at radius 1 is 0.722 bits per heavy atom. The predicted molar refractivity (Wildman–Crippen MR) is 80.9 cm³/mol. The lowest BCUT2D eigenvalue weighted by Gasteiger charge is -2.29. The van der Waals surface area contributed by atoms with Crippen LogP contribution in [0.2, 0.25) is 0 Å². The number of quaternary nitrogens is 1. The van der Waals surface area contributed by atoms with Crippen molar-refractivity contribution in [2.45, 2.75) is 65.2 Å². The molecule has 0 saturated heterocycles. The van der Waals surface area contributed by atoms with Crippen molar-refractivity contribution in [2.24, 2.45) is 0 Å². The van der Waals surface area contributed by atoms with Crippen LogP contribution in [0.1, 0.15) is 65.2 Å². The van der Waals surface area contributed by atoms with Crippen LogP contribution in [0.4, 0.5) is 0 Å². The highest BCUT2D eigenvalue weighted by Gasteiger charge is 2.13. The Kier molecular flexibility index (Phi) is 11.9. The molecule has 0 atom stereocenters. The second-order valence-corrected chi connectivity index (χ2v) is 6.05. The molecule has 0 heterocycles. The van der Waals surface area contributed by atoms with Crippen molar-refractivity contribution in [3.05, 3.63) is 0 Å². The first-order chi connectivity index (χ1) is 8.62. The lowest BCUT2D eigenvalue weighted by molar-refractivity contribution is -0.890. The molecule has 0 amide bonds. The first-order valence-electron chi connectivity index (χ1n) is 8.02. The molecule has 0 radical (unpaired) electrons. The van der Waals surface area contributed by atoms with Crippen LogP contribution in [0.5, 0.6) is 0 Å². The van der Waals surface area contributed by atoms with Crippen LogP contribution in [0, 0.1) is 0 Å². The molecule has 0 aromatic heterocycles. The molecule has 0 bridgehead atoms. The second-order valence-electron chi connectivity index (χ2n) is 6.05. The van der Waals surface area contributed by atoms with Crippen molar-refractivity contribution in [1.29, 1.82) is 0 Å². The summed E-state index contributed by atoms with van der Waals surface area (Å²) in [5.41, 5.74) is 0. The number of unbranched alkanes of at least 4 members (excludes halogenated alkanes) is 7. The molecule has 0 saturated carbocycles. The Hall–Kier alpha value is -0.0800. The lowest BCUT2D eigenvalue weighted by atomic mass is 10.1. The molecule has 2 heteroatoms. The van der Waals surface area contributed by atoms with Crippen LogP contribution >= 0.6 is 0 Å². The molecular weight excluding hydrogens is 222 g/mol. The third-order valence-corrected chi connectivity index (χ3v) is 3.66. The van der Waals surface area contributed by atoms with Crippen molar-refractivity contribution in [2.75, 3.05) is 40.4 Å². The van der Waals surface area contributed by atoms with Gasteiger partial charge >= 0.3 is 0 Å². The van der Waals surface area contributed by atoms with Gasteiger partial charge in [0, 0.05) is 6.61 Å². The summed E-state index contributed by atoms with van der Waals surface area (Å²) >= 11 is 0. The molecule has 0 rings (SSSR count). The molecule has 0 aliphatic rings. The van der Waals surface area contributed by atoms with Gasteiger partial charge in [0.15, 0.2) is 0 Å². The van der Waals surface area contributed by atoms with Gasteiger partial charge in [-0.3, -0.25) is 0 Å². The number of ether oxygens (including phenoxy) is 1. The summed E-state index contributed by atoms with van der Waals surface area (Å²) in [4.78, 5) is 0. The van der Waals surface area contributed by atoms with E-state index in [1.165, 1.54) is 57.9 Å². The average molecular weight is 258 g/mol. The maximum absolute atomic E-state index is 5.44. The zero-order chi connectivity index (χ0) is 13.7. The minimum atomic E-state index is 0.845. The highest BCUT2D eigenvalue weighted by Crippen LogP contribution is 2.10. The average Bonchev–Trinajstić information content (AvgIpc) is 2.33. The van der Waals surface area contributed by atoms with Crippen molar-refractivity contribution in [3.8, 4) is 0 Å². The van der Waals surface area contributed by atoms with E-state index in [1.807, 2.05) is 0 Å². The second kappa shape index (κ2) is 12.0. The predicted octanol–water partition coefficient (Wildman–Crippen LogP) is 4.24. The quantitative estimate of drug-likeness (QED) is 0.355. The van der Waals surface area contributed by atoms with Crippen LogP contribution in [0.15, 0.2) is 0 Å².